The van der Waals surface area contributed by atoms with Gasteiger partial charge in [0.2, 0.25) is 0 Å². The number of nitrogens with zero attached hydrogens (tertiary/aromatic N) is 3. The minimum Gasteiger partial charge on any atom is -0.308 e. The predicted octanol–water partition coefficient (Wildman–Crippen LogP) is 2.70. The molecule has 2 aromatic rings. The first-order valence-electron chi connectivity index (χ1n) is 6.21. The third kappa shape index (κ3) is 4.34. The van der Waals surface area contributed by atoms with E-state index in [-0.39, 0.29) is 6.54 Å². The van der Waals surface area contributed by atoms with Gasteiger partial charge in [0.1, 0.15) is 0 Å². The van der Waals surface area contributed by atoms with E-state index in [1.165, 1.54) is 11.7 Å². The first-order chi connectivity index (χ1) is 9.44. The van der Waals surface area contributed by atoms with E-state index in [2.05, 4.69) is 15.5 Å². The van der Waals surface area contributed by atoms with Crippen LogP contribution in [0, 0.1) is 0 Å². The number of benzene rings is 1. The number of aromatic nitrogens is 3. The van der Waals surface area contributed by atoms with E-state index in [0.29, 0.717) is 5.69 Å². The largest absolute Gasteiger partial charge is 0.390 e. The Bertz CT molecular complexity index is 536. The van der Waals surface area contributed by atoms with Gasteiger partial charge in [0.05, 0.1) is 24.0 Å². The molecule has 0 fully saturated rings. The molecule has 2 rings (SSSR count). The molecule has 108 valence electrons. The Labute approximate surface area is 114 Å². The molecule has 0 saturated heterocycles. The van der Waals surface area contributed by atoms with Gasteiger partial charge in [-0.1, -0.05) is 18.2 Å². The molecule has 0 saturated carbocycles. The second-order valence-electron chi connectivity index (χ2n) is 4.56. The van der Waals surface area contributed by atoms with Crippen LogP contribution >= 0.6 is 0 Å². The van der Waals surface area contributed by atoms with Crippen molar-refractivity contribution in [1.82, 2.24) is 20.3 Å². The topological polar surface area (TPSA) is 42.7 Å². The highest BCUT2D eigenvalue weighted by Crippen LogP contribution is 2.21. The van der Waals surface area contributed by atoms with E-state index in [1.54, 1.807) is 6.20 Å². The average molecular weight is 284 g/mol. The molecule has 0 radical (unpaired) electrons. The van der Waals surface area contributed by atoms with Gasteiger partial charge in [-0.25, -0.2) is 0 Å². The smallest absolute Gasteiger partial charge is 0.308 e. The summed E-state index contributed by atoms with van der Waals surface area (Å²) in [7, 11) is 0. The summed E-state index contributed by atoms with van der Waals surface area (Å²) in [6.45, 7) is 1.75. The van der Waals surface area contributed by atoms with Gasteiger partial charge in [0, 0.05) is 12.6 Å². The molecule has 20 heavy (non-hydrogen) atoms. The molecule has 0 aliphatic rings. The Morgan fingerprint density at radius 2 is 1.95 bits per heavy atom. The fraction of sp³-hybridized carbons (Fsp3) is 0.385. The summed E-state index contributed by atoms with van der Waals surface area (Å²) in [4.78, 5) is 1.45. The van der Waals surface area contributed by atoms with E-state index in [4.69, 9.17) is 0 Å². The highest BCUT2D eigenvalue weighted by atomic mass is 19.4. The molecule has 1 atom stereocenters. The van der Waals surface area contributed by atoms with Crippen molar-refractivity contribution in [3.63, 3.8) is 0 Å². The van der Waals surface area contributed by atoms with Crippen molar-refractivity contribution < 1.29 is 13.2 Å². The minimum absolute atomic E-state index is 0.254. The lowest BCUT2D eigenvalue weighted by atomic mass is 10.2. The van der Waals surface area contributed by atoms with Crippen LogP contribution in [0.1, 0.15) is 19.0 Å². The van der Waals surface area contributed by atoms with Gasteiger partial charge in [-0.2, -0.15) is 28.2 Å². The van der Waals surface area contributed by atoms with Crippen LogP contribution in [0.25, 0.3) is 5.69 Å². The number of halogens is 3. The van der Waals surface area contributed by atoms with E-state index in [9.17, 15) is 13.2 Å². The normalized spacial score (nSPS) is 13.4. The molecule has 1 aromatic carbocycles. The van der Waals surface area contributed by atoms with Crippen molar-refractivity contribution in [1.29, 1.82) is 0 Å². The van der Waals surface area contributed by atoms with Crippen molar-refractivity contribution >= 4 is 0 Å². The van der Waals surface area contributed by atoms with Gasteiger partial charge in [-0.15, -0.1) is 0 Å². The molecule has 1 unspecified atom stereocenters. The summed E-state index contributed by atoms with van der Waals surface area (Å²) in [5.41, 5.74) is 1.41. The fourth-order valence-corrected chi connectivity index (χ4v) is 1.76. The molecular weight excluding hydrogens is 269 g/mol. The Hall–Kier alpha value is -1.89. The van der Waals surface area contributed by atoms with Crippen molar-refractivity contribution in [2.24, 2.45) is 0 Å². The second kappa shape index (κ2) is 6.04. The number of hydrogen-bond acceptors (Lipinski definition) is 3. The standard InChI is InChI=1S/C13H15F3N4/c1-10(7-13(14,15)16)17-8-11-9-18-20(19-11)12-5-3-2-4-6-12/h2-6,9-10,17H,7-8H2,1H3. The zero-order valence-electron chi connectivity index (χ0n) is 10.9. The average Bonchev–Trinajstić information content (AvgIpc) is 2.84. The van der Waals surface area contributed by atoms with Gasteiger partial charge in [0.25, 0.3) is 0 Å². The molecule has 0 aliphatic heterocycles. The summed E-state index contributed by atoms with van der Waals surface area (Å²) in [5.74, 6) is 0. The van der Waals surface area contributed by atoms with Crippen molar-refractivity contribution in [3.05, 3.63) is 42.2 Å². The quantitative estimate of drug-likeness (QED) is 0.918. The fourth-order valence-electron chi connectivity index (χ4n) is 1.76. The highest BCUT2D eigenvalue weighted by molar-refractivity contribution is 5.28. The molecule has 0 spiro atoms. The first kappa shape index (κ1) is 14.5. The summed E-state index contributed by atoms with van der Waals surface area (Å²) < 4.78 is 36.6. The lowest BCUT2D eigenvalue weighted by molar-refractivity contribution is -0.139. The highest BCUT2D eigenvalue weighted by Gasteiger charge is 2.29. The number of hydrogen-bond donors (Lipinski definition) is 1. The summed E-state index contributed by atoms with van der Waals surface area (Å²) in [6.07, 6.45) is -3.48. The van der Waals surface area contributed by atoms with E-state index in [1.807, 2.05) is 30.3 Å². The lowest BCUT2D eigenvalue weighted by Gasteiger charge is -2.14. The number of para-hydroxylation sites is 1. The summed E-state index contributed by atoms with van der Waals surface area (Å²) in [6, 6.07) is 8.66. The van der Waals surface area contributed by atoms with Crippen LogP contribution in [-0.2, 0) is 6.54 Å². The number of rotatable bonds is 5. The maximum absolute atomic E-state index is 12.2. The Morgan fingerprint density at radius 3 is 2.60 bits per heavy atom. The zero-order chi connectivity index (χ0) is 14.6. The number of alkyl halides is 3. The van der Waals surface area contributed by atoms with Crippen LogP contribution in [0.5, 0.6) is 0 Å². The van der Waals surface area contributed by atoms with Crippen LogP contribution < -0.4 is 5.32 Å². The molecule has 1 N–H and O–H groups in total. The summed E-state index contributed by atoms with van der Waals surface area (Å²) >= 11 is 0. The Kier molecular flexibility index (Phi) is 4.39. The van der Waals surface area contributed by atoms with E-state index >= 15 is 0 Å². The third-order valence-electron chi connectivity index (χ3n) is 2.70. The van der Waals surface area contributed by atoms with Crippen LogP contribution in [0.2, 0.25) is 0 Å². The predicted molar refractivity (Wildman–Crippen MR) is 68.3 cm³/mol. The SMILES string of the molecule is CC(CC(F)(F)F)NCc1cnn(-c2ccccc2)n1. The first-order valence-corrected chi connectivity index (χ1v) is 6.21. The van der Waals surface area contributed by atoms with Gasteiger partial charge in [-0.3, -0.25) is 0 Å². The Morgan fingerprint density at radius 1 is 1.25 bits per heavy atom. The minimum atomic E-state index is -4.16. The van der Waals surface area contributed by atoms with Gasteiger partial charge in [-0.05, 0) is 19.1 Å². The molecule has 1 aromatic heterocycles. The van der Waals surface area contributed by atoms with E-state index < -0.39 is 18.6 Å². The second-order valence-corrected chi connectivity index (χ2v) is 4.56. The zero-order valence-corrected chi connectivity index (χ0v) is 10.9. The molecule has 4 nitrogen and oxygen atoms in total. The maximum Gasteiger partial charge on any atom is 0.390 e. The Balaban J connectivity index is 1.91. The number of nitrogens with one attached hydrogen (secondary N) is 1. The summed E-state index contributed by atoms with van der Waals surface area (Å²) in [5, 5.41) is 11.1. The van der Waals surface area contributed by atoms with Gasteiger partial charge < -0.3 is 5.32 Å². The van der Waals surface area contributed by atoms with Crippen LogP contribution in [0.3, 0.4) is 0 Å². The molecule has 0 bridgehead atoms. The van der Waals surface area contributed by atoms with Gasteiger partial charge >= 0.3 is 6.18 Å². The lowest BCUT2D eigenvalue weighted by Crippen LogP contribution is -2.30. The molecule has 7 heteroatoms. The van der Waals surface area contributed by atoms with Crippen molar-refractivity contribution in [2.45, 2.75) is 32.1 Å². The molecule has 0 amide bonds. The third-order valence-corrected chi connectivity index (χ3v) is 2.70. The molecule has 0 aliphatic carbocycles. The monoisotopic (exact) mass is 284 g/mol. The molecule has 1 heterocycles. The van der Waals surface area contributed by atoms with Crippen molar-refractivity contribution in [2.75, 3.05) is 0 Å². The van der Waals surface area contributed by atoms with Gasteiger partial charge in [0.15, 0.2) is 0 Å². The van der Waals surface area contributed by atoms with Crippen molar-refractivity contribution in [3.8, 4) is 5.69 Å². The van der Waals surface area contributed by atoms with Crippen LogP contribution in [0.15, 0.2) is 36.5 Å². The van der Waals surface area contributed by atoms with Crippen LogP contribution in [-0.4, -0.2) is 27.2 Å². The maximum atomic E-state index is 12.2. The van der Waals surface area contributed by atoms with E-state index in [0.717, 1.165) is 5.69 Å². The van der Waals surface area contributed by atoms with Crippen LogP contribution in [0.4, 0.5) is 13.2 Å². The molecular formula is C13H15F3N4.